The molecule has 82 heavy (non-hydrogen) atoms. The molecule has 0 aromatic heterocycles. The lowest BCUT2D eigenvalue weighted by Gasteiger charge is -2.20. The van der Waals surface area contributed by atoms with Gasteiger partial charge in [0.2, 0.25) is 5.91 Å². The number of allylic oxidation sites excluding steroid dienone is 7. The predicted molar refractivity (Wildman–Crippen MR) is 361 cm³/mol. The maximum atomic E-state index is 12.5. The van der Waals surface area contributed by atoms with Crippen molar-refractivity contribution in [3.05, 3.63) is 48.6 Å². The van der Waals surface area contributed by atoms with Crippen molar-refractivity contribution < 1.29 is 24.5 Å². The molecular formula is C76H143NO5. The van der Waals surface area contributed by atoms with E-state index < -0.39 is 12.1 Å². The molecule has 0 spiro atoms. The summed E-state index contributed by atoms with van der Waals surface area (Å²) in [6.07, 6.45) is 93.4. The largest absolute Gasteiger partial charge is 0.466 e. The van der Waals surface area contributed by atoms with Gasteiger partial charge in [-0.3, -0.25) is 9.59 Å². The Morgan fingerprint density at radius 2 is 0.610 bits per heavy atom. The third kappa shape index (κ3) is 67.0. The van der Waals surface area contributed by atoms with Crippen molar-refractivity contribution >= 4 is 11.9 Å². The quantitative estimate of drug-likeness (QED) is 0.0320. The van der Waals surface area contributed by atoms with Gasteiger partial charge in [-0.25, -0.2) is 0 Å². The van der Waals surface area contributed by atoms with Gasteiger partial charge in [-0.05, 0) is 89.9 Å². The van der Waals surface area contributed by atoms with E-state index in [1.807, 2.05) is 6.08 Å². The second kappa shape index (κ2) is 71.3. The normalized spacial score (nSPS) is 12.8. The number of esters is 1. The summed E-state index contributed by atoms with van der Waals surface area (Å²) >= 11 is 0. The highest BCUT2D eigenvalue weighted by Crippen LogP contribution is 2.18. The number of nitrogens with one attached hydrogen (secondary N) is 1. The fraction of sp³-hybridized carbons (Fsp3) is 0.868. The summed E-state index contributed by atoms with van der Waals surface area (Å²) in [5, 5.41) is 23.3. The lowest BCUT2D eigenvalue weighted by Crippen LogP contribution is -2.45. The fourth-order valence-electron chi connectivity index (χ4n) is 11.4. The van der Waals surface area contributed by atoms with Gasteiger partial charge in [-0.2, -0.15) is 0 Å². The number of unbranched alkanes of at least 4 members (excludes halogenated alkanes) is 52. The predicted octanol–water partition coefficient (Wildman–Crippen LogP) is 24.0. The van der Waals surface area contributed by atoms with E-state index in [1.54, 1.807) is 6.08 Å². The lowest BCUT2D eigenvalue weighted by molar-refractivity contribution is -0.143. The number of rotatable bonds is 69. The van der Waals surface area contributed by atoms with Crippen molar-refractivity contribution in [3.8, 4) is 0 Å². The molecule has 0 aromatic rings. The SMILES string of the molecule is CCCCCCCC/C=C\CCCCCCCCCC(=O)OCCCCCCCCCCC/C=C\C/C=C\CCCCCCCCCC(=O)NC(CO)C(O)/C=C/CCCCCCCCCCCCCCCCCCCCCCCCC. The average Bonchev–Trinajstić information content (AvgIpc) is 3.48. The zero-order chi connectivity index (χ0) is 59.2. The number of amides is 1. The van der Waals surface area contributed by atoms with Crippen molar-refractivity contribution in [3.63, 3.8) is 0 Å². The molecule has 6 nitrogen and oxygen atoms in total. The molecular weight excluding hydrogens is 1010 g/mol. The third-order valence-corrected chi connectivity index (χ3v) is 17.1. The maximum Gasteiger partial charge on any atom is 0.305 e. The highest BCUT2D eigenvalue weighted by atomic mass is 16.5. The number of aliphatic hydroxyl groups is 2. The van der Waals surface area contributed by atoms with Crippen LogP contribution in [-0.2, 0) is 14.3 Å². The minimum atomic E-state index is -0.854. The zero-order valence-electron chi connectivity index (χ0n) is 55.2. The van der Waals surface area contributed by atoms with Crippen LogP contribution in [0.5, 0.6) is 0 Å². The van der Waals surface area contributed by atoms with Crippen LogP contribution in [0, 0.1) is 0 Å². The van der Waals surface area contributed by atoms with Gasteiger partial charge in [0, 0.05) is 12.8 Å². The number of carbonyl (C=O) groups is 2. The van der Waals surface area contributed by atoms with E-state index in [4.69, 9.17) is 4.74 Å². The molecule has 2 unspecified atom stereocenters. The van der Waals surface area contributed by atoms with Gasteiger partial charge in [0.1, 0.15) is 0 Å². The molecule has 2 atom stereocenters. The van der Waals surface area contributed by atoms with E-state index >= 15 is 0 Å². The van der Waals surface area contributed by atoms with E-state index in [0.717, 1.165) is 64.2 Å². The van der Waals surface area contributed by atoms with E-state index in [-0.39, 0.29) is 18.5 Å². The van der Waals surface area contributed by atoms with Crippen LogP contribution in [0.25, 0.3) is 0 Å². The molecule has 0 aliphatic heterocycles. The van der Waals surface area contributed by atoms with E-state index in [0.29, 0.717) is 19.4 Å². The molecule has 482 valence electrons. The minimum Gasteiger partial charge on any atom is -0.466 e. The Bertz CT molecular complexity index is 1370. The molecule has 0 bridgehead atoms. The Kier molecular flexibility index (Phi) is 69.4. The number of aliphatic hydroxyl groups excluding tert-OH is 2. The summed E-state index contributed by atoms with van der Waals surface area (Å²) < 4.78 is 5.49. The van der Waals surface area contributed by atoms with Crippen LogP contribution in [0.1, 0.15) is 399 Å². The van der Waals surface area contributed by atoms with Crippen LogP contribution >= 0.6 is 0 Å². The highest BCUT2D eigenvalue weighted by Gasteiger charge is 2.18. The average molecular weight is 1150 g/mol. The molecule has 0 rings (SSSR count). The smallest absolute Gasteiger partial charge is 0.305 e. The van der Waals surface area contributed by atoms with E-state index in [1.165, 1.54) is 308 Å². The molecule has 0 aliphatic rings. The number of ether oxygens (including phenoxy) is 1. The molecule has 1 amide bonds. The topological polar surface area (TPSA) is 95.9 Å². The van der Waals surface area contributed by atoms with Gasteiger partial charge in [-0.1, -0.05) is 345 Å². The Morgan fingerprint density at radius 1 is 0.341 bits per heavy atom. The van der Waals surface area contributed by atoms with Gasteiger partial charge in [0.05, 0.1) is 25.4 Å². The van der Waals surface area contributed by atoms with Crippen molar-refractivity contribution in [1.29, 1.82) is 0 Å². The molecule has 0 saturated carbocycles. The molecule has 0 aromatic carbocycles. The monoisotopic (exact) mass is 1150 g/mol. The first kappa shape index (κ1) is 79.8. The Hall–Kier alpha value is -2.18. The summed E-state index contributed by atoms with van der Waals surface area (Å²) in [6, 6.07) is -0.638. The van der Waals surface area contributed by atoms with Gasteiger partial charge < -0.3 is 20.3 Å². The van der Waals surface area contributed by atoms with E-state index in [9.17, 15) is 19.8 Å². The summed E-state index contributed by atoms with van der Waals surface area (Å²) in [7, 11) is 0. The summed E-state index contributed by atoms with van der Waals surface area (Å²) in [6.45, 7) is 4.92. The highest BCUT2D eigenvalue weighted by molar-refractivity contribution is 5.76. The minimum absolute atomic E-state index is 0.00366. The first-order valence-electron chi connectivity index (χ1n) is 36.9. The first-order valence-corrected chi connectivity index (χ1v) is 36.9. The fourth-order valence-corrected chi connectivity index (χ4v) is 11.4. The molecule has 0 heterocycles. The van der Waals surface area contributed by atoms with E-state index in [2.05, 4.69) is 55.6 Å². The van der Waals surface area contributed by atoms with Gasteiger partial charge in [-0.15, -0.1) is 0 Å². The lowest BCUT2D eigenvalue weighted by atomic mass is 10.0. The summed E-state index contributed by atoms with van der Waals surface area (Å²) in [5.74, 6) is -0.0711. The molecule has 3 N–H and O–H groups in total. The molecule has 0 radical (unpaired) electrons. The number of hydrogen-bond acceptors (Lipinski definition) is 5. The first-order chi connectivity index (χ1) is 40.5. The van der Waals surface area contributed by atoms with Gasteiger partial charge >= 0.3 is 5.97 Å². The number of hydrogen-bond donors (Lipinski definition) is 3. The van der Waals surface area contributed by atoms with Crippen molar-refractivity contribution in [2.24, 2.45) is 0 Å². The molecule has 0 fully saturated rings. The molecule has 6 heteroatoms. The Labute approximate surface area is 512 Å². The van der Waals surface area contributed by atoms with Gasteiger partial charge in [0.25, 0.3) is 0 Å². The van der Waals surface area contributed by atoms with Crippen LogP contribution in [0.15, 0.2) is 48.6 Å². The maximum absolute atomic E-state index is 12.5. The third-order valence-electron chi connectivity index (χ3n) is 17.1. The van der Waals surface area contributed by atoms with Crippen molar-refractivity contribution in [2.45, 2.75) is 411 Å². The standard InChI is InChI=1S/C76H143NO5/c1-3-5-7-9-11-13-15-17-19-21-22-23-24-25-27-30-33-37-40-44-48-52-56-60-64-68-74(79)73(72-78)77-75(80)69-65-61-57-53-49-45-41-38-34-31-28-26-29-32-35-39-43-47-51-55-59-63-67-71-82-76(81)70-66-62-58-54-50-46-42-36-20-18-16-14-12-10-8-6-4-2/h18,20,26,29,31,34,64,68,73-74,78-79H,3-17,19,21-25,27-28,30,32-33,35-63,65-67,69-72H2,1-2H3,(H,77,80)/b20-18-,29-26-,34-31-,68-64+. The van der Waals surface area contributed by atoms with Gasteiger partial charge in [0.15, 0.2) is 0 Å². The Morgan fingerprint density at radius 3 is 0.939 bits per heavy atom. The van der Waals surface area contributed by atoms with Crippen molar-refractivity contribution in [1.82, 2.24) is 5.32 Å². The zero-order valence-corrected chi connectivity index (χ0v) is 55.2. The van der Waals surface area contributed by atoms with Crippen molar-refractivity contribution in [2.75, 3.05) is 13.2 Å². The Balaban J connectivity index is 3.47. The molecule has 0 aliphatic carbocycles. The second-order valence-corrected chi connectivity index (χ2v) is 25.3. The van der Waals surface area contributed by atoms with Crippen LogP contribution in [0.4, 0.5) is 0 Å². The second-order valence-electron chi connectivity index (χ2n) is 25.3. The van der Waals surface area contributed by atoms with Crippen LogP contribution in [0.3, 0.4) is 0 Å². The van der Waals surface area contributed by atoms with Crippen LogP contribution < -0.4 is 5.32 Å². The van der Waals surface area contributed by atoms with Crippen LogP contribution in [-0.4, -0.2) is 47.4 Å². The number of carbonyl (C=O) groups excluding carboxylic acids is 2. The van der Waals surface area contributed by atoms with Crippen LogP contribution in [0.2, 0.25) is 0 Å². The molecule has 0 saturated heterocycles. The summed E-state index contributed by atoms with van der Waals surface area (Å²) in [5.41, 5.74) is 0. The summed E-state index contributed by atoms with van der Waals surface area (Å²) in [4.78, 5) is 24.6.